The Labute approximate surface area is 186 Å². The van der Waals surface area contributed by atoms with Gasteiger partial charge in [0.1, 0.15) is 22.7 Å². The number of fused-ring (bicyclic) bond motifs is 1. The fourth-order valence-electron chi connectivity index (χ4n) is 3.26. The zero-order valence-electron chi connectivity index (χ0n) is 16.7. The molecule has 158 valence electrons. The van der Waals surface area contributed by atoms with E-state index in [4.69, 9.17) is 4.74 Å². The lowest BCUT2D eigenvalue weighted by Gasteiger charge is -2.13. The molecule has 0 saturated carbocycles. The largest absolute Gasteiger partial charge is 0.457 e. The first kappa shape index (κ1) is 20.0. The summed E-state index contributed by atoms with van der Waals surface area (Å²) in [5, 5.41) is 7.58. The third-order valence-corrected chi connectivity index (χ3v) is 5.79. The molecule has 1 N–H and O–H groups in total. The molecule has 0 amide bonds. The van der Waals surface area contributed by atoms with Crippen molar-refractivity contribution in [1.82, 2.24) is 19.7 Å². The van der Waals surface area contributed by atoms with Gasteiger partial charge in [-0.15, -0.1) is 0 Å². The van der Waals surface area contributed by atoms with Crippen molar-refractivity contribution in [1.29, 1.82) is 0 Å². The Morgan fingerprint density at radius 3 is 2.53 bits per heavy atom. The van der Waals surface area contributed by atoms with Crippen molar-refractivity contribution in [3.05, 3.63) is 107 Å². The van der Waals surface area contributed by atoms with Crippen LogP contribution in [0.1, 0.15) is 5.56 Å². The van der Waals surface area contributed by atoms with Crippen molar-refractivity contribution < 1.29 is 9.13 Å². The topological polar surface area (TPSA) is 72.8 Å². The standard InChI is InChI=1S/C24H17FN4O2S/c25-17-6-4-5-16(13-17)15-32-24-27-22-21(14-26-28-22)23(30)29(24)18-9-11-20(12-10-18)31-19-7-2-1-3-8-19/h1-14H,15H2,(H,26,28). The SMILES string of the molecule is O=c1c2cn[nH]c2nc(SCc2cccc(F)c2)n1-c1ccc(Oc2ccccc2)cc1. The molecule has 0 aliphatic carbocycles. The van der Waals surface area contributed by atoms with Gasteiger partial charge in [0.2, 0.25) is 0 Å². The number of benzene rings is 3. The molecule has 0 spiro atoms. The first-order chi connectivity index (χ1) is 15.7. The van der Waals surface area contributed by atoms with Gasteiger partial charge in [-0.25, -0.2) is 9.37 Å². The lowest BCUT2D eigenvalue weighted by molar-refractivity contribution is 0.482. The van der Waals surface area contributed by atoms with Crippen LogP contribution in [0.3, 0.4) is 0 Å². The number of rotatable bonds is 6. The van der Waals surface area contributed by atoms with Crippen LogP contribution in [-0.2, 0) is 5.75 Å². The van der Waals surface area contributed by atoms with Crippen LogP contribution in [-0.4, -0.2) is 19.7 Å². The van der Waals surface area contributed by atoms with E-state index in [2.05, 4.69) is 15.2 Å². The number of para-hydroxylation sites is 1. The normalized spacial score (nSPS) is 11.0. The maximum absolute atomic E-state index is 13.6. The first-order valence-electron chi connectivity index (χ1n) is 9.84. The summed E-state index contributed by atoms with van der Waals surface area (Å²) in [6.07, 6.45) is 1.47. The minimum absolute atomic E-state index is 0.234. The highest BCUT2D eigenvalue weighted by Gasteiger charge is 2.15. The smallest absolute Gasteiger partial charge is 0.269 e. The number of hydrogen-bond donors (Lipinski definition) is 1. The van der Waals surface area contributed by atoms with Gasteiger partial charge in [-0.2, -0.15) is 5.10 Å². The molecule has 0 aliphatic rings. The van der Waals surface area contributed by atoms with E-state index in [0.29, 0.717) is 33.4 Å². The highest BCUT2D eigenvalue weighted by molar-refractivity contribution is 7.98. The lowest BCUT2D eigenvalue weighted by Crippen LogP contribution is -2.21. The second-order valence-corrected chi connectivity index (χ2v) is 7.94. The Balaban J connectivity index is 1.50. The number of aromatic amines is 1. The van der Waals surface area contributed by atoms with Crippen LogP contribution in [0.25, 0.3) is 16.7 Å². The molecule has 6 nitrogen and oxygen atoms in total. The van der Waals surface area contributed by atoms with Gasteiger partial charge in [-0.3, -0.25) is 14.5 Å². The Bertz CT molecular complexity index is 1430. The Kier molecular flexibility index (Phi) is 5.43. The molecule has 2 aromatic heterocycles. The van der Waals surface area contributed by atoms with Crippen LogP contribution < -0.4 is 10.3 Å². The van der Waals surface area contributed by atoms with Crippen LogP contribution >= 0.6 is 11.8 Å². The molecule has 0 atom stereocenters. The highest BCUT2D eigenvalue weighted by Crippen LogP contribution is 2.26. The summed E-state index contributed by atoms with van der Waals surface area (Å²) in [6.45, 7) is 0. The summed E-state index contributed by atoms with van der Waals surface area (Å²) in [5.41, 5.74) is 1.62. The second kappa shape index (κ2) is 8.68. The third-order valence-electron chi connectivity index (χ3n) is 4.78. The fraction of sp³-hybridized carbons (Fsp3) is 0.0417. The predicted octanol–water partition coefficient (Wildman–Crippen LogP) is 5.33. The summed E-state index contributed by atoms with van der Waals surface area (Å²) in [5.74, 6) is 1.54. The van der Waals surface area contributed by atoms with Crippen molar-refractivity contribution in [2.75, 3.05) is 0 Å². The van der Waals surface area contributed by atoms with E-state index < -0.39 is 0 Å². The van der Waals surface area contributed by atoms with E-state index in [-0.39, 0.29) is 11.4 Å². The van der Waals surface area contributed by atoms with Crippen molar-refractivity contribution in [2.24, 2.45) is 0 Å². The zero-order valence-corrected chi connectivity index (χ0v) is 17.6. The maximum Gasteiger partial charge on any atom is 0.269 e. The van der Waals surface area contributed by atoms with E-state index in [1.165, 1.54) is 34.7 Å². The molecular weight excluding hydrogens is 427 g/mol. The molecule has 5 rings (SSSR count). The molecule has 3 aromatic carbocycles. The van der Waals surface area contributed by atoms with Crippen molar-refractivity contribution in [3.8, 4) is 17.2 Å². The van der Waals surface area contributed by atoms with Crippen LogP contribution in [0.2, 0.25) is 0 Å². The summed E-state index contributed by atoms with van der Waals surface area (Å²) >= 11 is 1.35. The van der Waals surface area contributed by atoms with E-state index in [0.717, 1.165) is 11.3 Å². The summed E-state index contributed by atoms with van der Waals surface area (Å²) < 4.78 is 20.9. The van der Waals surface area contributed by atoms with E-state index in [1.54, 1.807) is 30.3 Å². The van der Waals surface area contributed by atoms with Gasteiger partial charge in [-0.05, 0) is 54.1 Å². The van der Waals surface area contributed by atoms with Gasteiger partial charge in [0.25, 0.3) is 5.56 Å². The minimum Gasteiger partial charge on any atom is -0.457 e. The predicted molar refractivity (Wildman–Crippen MR) is 122 cm³/mol. The highest BCUT2D eigenvalue weighted by atomic mass is 32.2. The van der Waals surface area contributed by atoms with Crippen molar-refractivity contribution in [3.63, 3.8) is 0 Å². The molecule has 0 bridgehead atoms. The first-order valence-corrected chi connectivity index (χ1v) is 10.8. The molecule has 0 saturated heterocycles. The minimum atomic E-state index is -0.300. The molecule has 0 aliphatic heterocycles. The van der Waals surface area contributed by atoms with Crippen LogP contribution in [0.5, 0.6) is 11.5 Å². The number of aromatic nitrogens is 4. The molecule has 0 fully saturated rings. The average molecular weight is 444 g/mol. The van der Waals surface area contributed by atoms with Crippen molar-refractivity contribution >= 4 is 22.8 Å². The third kappa shape index (κ3) is 4.13. The number of nitrogens with zero attached hydrogens (tertiary/aromatic N) is 3. The van der Waals surface area contributed by atoms with Gasteiger partial charge in [0, 0.05) is 5.75 Å². The molecule has 0 unspecified atom stereocenters. The van der Waals surface area contributed by atoms with Gasteiger partial charge in [0.15, 0.2) is 10.8 Å². The van der Waals surface area contributed by atoms with E-state index in [1.807, 2.05) is 36.4 Å². The van der Waals surface area contributed by atoms with Gasteiger partial charge in [0.05, 0.1) is 11.9 Å². The molecule has 0 radical (unpaired) electrons. The number of H-pyrrole nitrogens is 1. The van der Waals surface area contributed by atoms with E-state index >= 15 is 0 Å². The average Bonchev–Trinajstić information content (AvgIpc) is 3.28. The van der Waals surface area contributed by atoms with Gasteiger partial charge in [-0.1, -0.05) is 42.1 Å². The monoisotopic (exact) mass is 444 g/mol. The molecule has 2 heterocycles. The summed E-state index contributed by atoms with van der Waals surface area (Å²) in [6, 6.07) is 23.0. The molecule has 32 heavy (non-hydrogen) atoms. The zero-order chi connectivity index (χ0) is 21.9. The maximum atomic E-state index is 13.6. The molecular formula is C24H17FN4O2S. The molecule has 8 heteroatoms. The number of halogens is 1. The lowest BCUT2D eigenvalue weighted by atomic mass is 10.2. The van der Waals surface area contributed by atoms with Gasteiger partial charge >= 0.3 is 0 Å². The van der Waals surface area contributed by atoms with Gasteiger partial charge < -0.3 is 4.74 Å². The fourth-order valence-corrected chi connectivity index (χ4v) is 4.21. The van der Waals surface area contributed by atoms with Crippen LogP contribution in [0.4, 0.5) is 4.39 Å². The van der Waals surface area contributed by atoms with Crippen molar-refractivity contribution in [2.45, 2.75) is 10.9 Å². The Morgan fingerprint density at radius 1 is 0.969 bits per heavy atom. The van der Waals surface area contributed by atoms with Crippen LogP contribution in [0, 0.1) is 5.82 Å². The Morgan fingerprint density at radius 2 is 1.75 bits per heavy atom. The van der Waals surface area contributed by atoms with E-state index in [9.17, 15) is 9.18 Å². The quantitative estimate of drug-likeness (QED) is 0.283. The number of ether oxygens (including phenoxy) is 1. The summed E-state index contributed by atoms with van der Waals surface area (Å²) in [4.78, 5) is 17.8. The number of hydrogen-bond acceptors (Lipinski definition) is 5. The number of thioether (sulfide) groups is 1. The number of nitrogens with one attached hydrogen (secondary N) is 1. The van der Waals surface area contributed by atoms with Crippen LogP contribution in [0.15, 0.2) is 95.0 Å². The second-order valence-electron chi connectivity index (χ2n) is 6.99. The summed E-state index contributed by atoms with van der Waals surface area (Å²) in [7, 11) is 0. The molecule has 5 aromatic rings. The Hall–Kier alpha value is -3.91.